The van der Waals surface area contributed by atoms with Gasteiger partial charge in [0, 0.05) is 12.5 Å². The summed E-state index contributed by atoms with van der Waals surface area (Å²) in [6.45, 7) is 0.475. The molecule has 2 N–H and O–H groups in total. The number of alkyl halides is 3. The zero-order valence-corrected chi connectivity index (χ0v) is 10.7. The van der Waals surface area contributed by atoms with Gasteiger partial charge in [-0.3, -0.25) is 4.79 Å². The highest BCUT2D eigenvalue weighted by Gasteiger charge is 2.43. The van der Waals surface area contributed by atoms with E-state index in [1.54, 1.807) is 0 Å². The Morgan fingerprint density at radius 2 is 1.89 bits per heavy atom. The highest BCUT2D eigenvalue weighted by molar-refractivity contribution is 5.78. The third-order valence-electron chi connectivity index (χ3n) is 4.28. The molecule has 2 aliphatic rings. The molecule has 0 spiro atoms. The molecule has 0 aliphatic heterocycles. The van der Waals surface area contributed by atoms with Gasteiger partial charge in [-0.25, -0.2) is 0 Å². The Morgan fingerprint density at radius 3 is 2.47 bits per heavy atom. The first-order chi connectivity index (χ1) is 8.86. The first kappa shape index (κ1) is 14.6. The molecular formula is C13H20F3NO2. The average molecular weight is 279 g/mol. The van der Waals surface area contributed by atoms with Gasteiger partial charge < -0.3 is 10.4 Å². The number of halogens is 3. The van der Waals surface area contributed by atoms with Crippen LogP contribution in [0.1, 0.15) is 38.5 Å². The van der Waals surface area contributed by atoms with Crippen LogP contribution < -0.4 is 5.32 Å². The minimum Gasteiger partial charge on any atom is -0.393 e. The fraction of sp³-hybridized carbons (Fsp3) is 0.923. The third-order valence-corrected chi connectivity index (χ3v) is 4.28. The maximum atomic E-state index is 12.6. The summed E-state index contributed by atoms with van der Waals surface area (Å²) in [4.78, 5) is 11.9. The van der Waals surface area contributed by atoms with Gasteiger partial charge in [0.15, 0.2) is 0 Å². The second-order valence-electron chi connectivity index (χ2n) is 5.84. The Hall–Kier alpha value is -0.780. The number of rotatable bonds is 3. The monoisotopic (exact) mass is 279 g/mol. The molecule has 0 aromatic heterocycles. The van der Waals surface area contributed by atoms with E-state index in [4.69, 9.17) is 5.11 Å². The predicted molar refractivity (Wildman–Crippen MR) is 63.2 cm³/mol. The Morgan fingerprint density at radius 1 is 1.21 bits per heavy atom. The number of amides is 1. The van der Waals surface area contributed by atoms with E-state index >= 15 is 0 Å². The predicted octanol–water partition coefficient (Wildman–Crippen LogP) is 2.24. The van der Waals surface area contributed by atoms with Crippen molar-refractivity contribution in [2.45, 2.75) is 50.8 Å². The minimum absolute atomic E-state index is 0.0807. The Bertz CT molecular complexity index is 326. The Labute approximate surface area is 110 Å². The summed E-state index contributed by atoms with van der Waals surface area (Å²) in [6, 6.07) is 0. The van der Waals surface area contributed by atoms with Crippen molar-refractivity contribution in [2.75, 3.05) is 6.54 Å². The first-order valence-corrected chi connectivity index (χ1v) is 6.88. The van der Waals surface area contributed by atoms with Crippen LogP contribution in [0.3, 0.4) is 0 Å². The van der Waals surface area contributed by atoms with Gasteiger partial charge in [0.1, 0.15) is 0 Å². The van der Waals surface area contributed by atoms with Crippen molar-refractivity contribution in [3.8, 4) is 0 Å². The van der Waals surface area contributed by atoms with Gasteiger partial charge in [-0.05, 0) is 38.0 Å². The Balaban J connectivity index is 1.75. The third kappa shape index (κ3) is 3.84. The van der Waals surface area contributed by atoms with E-state index in [9.17, 15) is 18.0 Å². The van der Waals surface area contributed by atoms with Crippen molar-refractivity contribution in [2.24, 2.45) is 17.8 Å². The molecule has 2 rings (SSSR count). The highest BCUT2D eigenvalue weighted by Crippen LogP contribution is 2.40. The second kappa shape index (κ2) is 5.69. The largest absolute Gasteiger partial charge is 0.393 e. The molecule has 1 amide bonds. The summed E-state index contributed by atoms with van der Waals surface area (Å²) >= 11 is 0. The van der Waals surface area contributed by atoms with Crippen LogP contribution >= 0.6 is 0 Å². The summed E-state index contributed by atoms with van der Waals surface area (Å²) in [7, 11) is 0. The Kier molecular flexibility index (Phi) is 4.38. The zero-order chi connectivity index (χ0) is 14.0. The summed E-state index contributed by atoms with van der Waals surface area (Å²) in [5.74, 6) is -1.82. The molecule has 2 saturated carbocycles. The number of hydrogen-bond donors (Lipinski definition) is 2. The van der Waals surface area contributed by atoms with Crippen LogP contribution in [0.5, 0.6) is 0 Å². The lowest BCUT2D eigenvalue weighted by atomic mass is 9.80. The van der Waals surface area contributed by atoms with Crippen molar-refractivity contribution in [1.82, 2.24) is 5.32 Å². The molecule has 2 atom stereocenters. The lowest BCUT2D eigenvalue weighted by Gasteiger charge is -2.33. The number of nitrogens with one attached hydrogen (secondary N) is 1. The number of carbonyl (C=O) groups excluding carboxylic acids is 1. The highest BCUT2D eigenvalue weighted by atomic mass is 19.4. The van der Waals surface area contributed by atoms with Gasteiger partial charge in [0.2, 0.25) is 5.91 Å². The lowest BCUT2D eigenvalue weighted by molar-refractivity contribution is -0.186. The molecule has 0 radical (unpaired) electrons. The van der Waals surface area contributed by atoms with Gasteiger partial charge in [-0.2, -0.15) is 13.2 Å². The van der Waals surface area contributed by atoms with Crippen molar-refractivity contribution >= 4 is 5.91 Å². The standard InChI is InChI=1S/C13H20F3NO2/c14-13(15,16)10-3-1-2-9(6-10)12(19)17-7-8-4-11(18)5-8/h8-11,18H,1-7H2,(H,17,19). The molecule has 3 nitrogen and oxygen atoms in total. The van der Waals surface area contributed by atoms with E-state index in [0.717, 1.165) is 0 Å². The molecule has 0 bridgehead atoms. The van der Waals surface area contributed by atoms with E-state index in [-0.39, 0.29) is 30.8 Å². The number of carbonyl (C=O) groups is 1. The molecule has 0 saturated heterocycles. The van der Waals surface area contributed by atoms with E-state index < -0.39 is 18.0 Å². The molecule has 6 heteroatoms. The SMILES string of the molecule is O=C(NCC1CC(O)C1)C1CCCC(C(F)(F)F)C1. The molecule has 2 aliphatic carbocycles. The summed E-state index contributed by atoms with van der Waals surface area (Å²) < 4.78 is 37.9. The number of aliphatic hydroxyl groups is 1. The summed E-state index contributed by atoms with van der Waals surface area (Å²) in [5, 5.41) is 11.8. The molecule has 110 valence electrons. The maximum absolute atomic E-state index is 12.6. The first-order valence-electron chi connectivity index (χ1n) is 6.88. The molecule has 0 aromatic carbocycles. The van der Waals surface area contributed by atoms with Gasteiger partial charge >= 0.3 is 6.18 Å². The van der Waals surface area contributed by atoms with Crippen LogP contribution in [0.15, 0.2) is 0 Å². The van der Waals surface area contributed by atoms with Gasteiger partial charge in [0.25, 0.3) is 0 Å². The minimum atomic E-state index is -4.18. The van der Waals surface area contributed by atoms with Gasteiger partial charge in [-0.15, -0.1) is 0 Å². The topological polar surface area (TPSA) is 49.3 Å². The van der Waals surface area contributed by atoms with Crippen molar-refractivity contribution in [1.29, 1.82) is 0 Å². The van der Waals surface area contributed by atoms with Crippen molar-refractivity contribution < 1.29 is 23.1 Å². The molecular weight excluding hydrogens is 259 g/mol. The van der Waals surface area contributed by atoms with E-state index in [1.165, 1.54) is 0 Å². The lowest BCUT2D eigenvalue weighted by Crippen LogP contribution is -2.42. The average Bonchev–Trinajstić information content (AvgIpc) is 2.32. The van der Waals surface area contributed by atoms with Gasteiger partial charge in [-0.1, -0.05) is 6.42 Å². The van der Waals surface area contributed by atoms with Crippen LogP contribution in [-0.4, -0.2) is 29.8 Å². The van der Waals surface area contributed by atoms with E-state index in [1.807, 2.05) is 0 Å². The van der Waals surface area contributed by atoms with Crippen molar-refractivity contribution in [3.05, 3.63) is 0 Å². The summed E-state index contributed by atoms with van der Waals surface area (Å²) in [5.41, 5.74) is 0. The zero-order valence-electron chi connectivity index (χ0n) is 10.7. The quantitative estimate of drug-likeness (QED) is 0.832. The molecule has 19 heavy (non-hydrogen) atoms. The van der Waals surface area contributed by atoms with Crippen LogP contribution in [0.4, 0.5) is 13.2 Å². The van der Waals surface area contributed by atoms with E-state index in [2.05, 4.69) is 5.32 Å². The molecule has 0 heterocycles. The summed E-state index contributed by atoms with van der Waals surface area (Å²) in [6.07, 6.45) is -2.03. The van der Waals surface area contributed by atoms with Crippen LogP contribution in [0.25, 0.3) is 0 Å². The van der Waals surface area contributed by atoms with Crippen LogP contribution in [-0.2, 0) is 4.79 Å². The molecule has 2 unspecified atom stereocenters. The normalized spacial score (nSPS) is 35.6. The number of aliphatic hydroxyl groups excluding tert-OH is 1. The molecule has 0 aromatic rings. The molecule has 2 fully saturated rings. The van der Waals surface area contributed by atoms with Gasteiger partial charge in [0.05, 0.1) is 12.0 Å². The van der Waals surface area contributed by atoms with Crippen LogP contribution in [0, 0.1) is 17.8 Å². The van der Waals surface area contributed by atoms with Crippen LogP contribution in [0.2, 0.25) is 0 Å². The fourth-order valence-corrected chi connectivity index (χ4v) is 2.98. The van der Waals surface area contributed by atoms with Crippen molar-refractivity contribution in [3.63, 3.8) is 0 Å². The smallest absolute Gasteiger partial charge is 0.391 e. The van der Waals surface area contributed by atoms with E-state index in [0.29, 0.717) is 32.2 Å². The maximum Gasteiger partial charge on any atom is 0.391 e. The second-order valence-corrected chi connectivity index (χ2v) is 5.84. The fourth-order valence-electron chi connectivity index (χ4n) is 2.98. The number of hydrogen-bond acceptors (Lipinski definition) is 2.